The molecule has 0 radical (unpaired) electrons. The number of piperazine rings is 1. The van der Waals surface area contributed by atoms with Gasteiger partial charge >= 0.3 is 0 Å². The predicted molar refractivity (Wildman–Crippen MR) is 163 cm³/mol. The molecule has 0 aliphatic carbocycles. The molecular weight excluding hydrogens is 544 g/mol. The van der Waals surface area contributed by atoms with Gasteiger partial charge in [0, 0.05) is 99.5 Å². The van der Waals surface area contributed by atoms with Crippen LogP contribution in [0.4, 0.5) is 23.4 Å². The number of benzene rings is 1. The standard InChI is InChI=1S/C31H34N10O2/c32-30-34-19-24(20-35-30)27-26-7-9-41(28(26)37-31(36-27)40-14-16-43-17-15-40)25-5-3-23(4-6-25)29(42)39-12-10-38(11-13-39)21-22-2-1-8-33-18-22/h1-6,8,18-20H,7,9-17,21H2,(H2,32,34,35). The second-order valence-electron chi connectivity index (χ2n) is 11.0. The number of aromatic nitrogens is 5. The molecule has 7 rings (SSSR count). The first kappa shape index (κ1) is 27.2. The lowest BCUT2D eigenvalue weighted by Crippen LogP contribution is -2.48. The molecule has 0 saturated carbocycles. The lowest BCUT2D eigenvalue weighted by Gasteiger charge is -2.34. The Morgan fingerprint density at radius 1 is 0.884 bits per heavy atom. The molecule has 220 valence electrons. The molecule has 12 heteroatoms. The van der Waals surface area contributed by atoms with Crippen molar-refractivity contribution in [2.45, 2.75) is 13.0 Å². The summed E-state index contributed by atoms with van der Waals surface area (Å²) in [4.78, 5) is 44.7. The number of ether oxygens (including phenoxy) is 1. The van der Waals surface area contributed by atoms with E-state index in [4.69, 9.17) is 20.4 Å². The van der Waals surface area contributed by atoms with E-state index in [2.05, 4.69) is 35.7 Å². The van der Waals surface area contributed by atoms with Gasteiger partial charge in [-0.3, -0.25) is 14.7 Å². The molecule has 6 heterocycles. The average molecular weight is 579 g/mol. The highest BCUT2D eigenvalue weighted by atomic mass is 16.5. The Balaban J connectivity index is 1.09. The van der Waals surface area contributed by atoms with Crippen molar-refractivity contribution >= 4 is 29.3 Å². The number of anilines is 4. The summed E-state index contributed by atoms with van der Waals surface area (Å²) in [6.45, 7) is 7.44. The molecule has 2 saturated heterocycles. The van der Waals surface area contributed by atoms with Crippen LogP contribution in [0.3, 0.4) is 0 Å². The number of morpholine rings is 1. The van der Waals surface area contributed by atoms with Gasteiger partial charge in [0.2, 0.25) is 11.9 Å². The van der Waals surface area contributed by atoms with E-state index >= 15 is 0 Å². The molecule has 0 spiro atoms. The molecule has 1 amide bonds. The highest BCUT2D eigenvalue weighted by Gasteiger charge is 2.30. The van der Waals surface area contributed by atoms with Gasteiger partial charge in [-0.15, -0.1) is 0 Å². The maximum atomic E-state index is 13.4. The smallest absolute Gasteiger partial charge is 0.253 e. The van der Waals surface area contributed by atoms with Crippen LogP contribution >= 0.6 is 0 Å². The number of nitrogens with two attached hydrogens (primary N) is 1. The molecule has 0 bridgehead atoms. The van der Waals surface area contributed by atoms with E-state index in [-0.39, 0.29) is 11.9 Å². The molecule has 3 aliphatic heterocycles. The summed E-state index contributed by atoms with van der Waals surface area (Å²) in [5, 5.41) is 0. The Hall–Kier alpha value is -4.68. The summed E-state index contributed by atoms with van der Waals surface area (Å²) < 4.78 is 5.56. The zero-order valence-electron chi connectivity index (χ0n) is 24.0. The number of pyridine rings is 1. The van der Waals surface area contributed by atoms with Crippen molar-refractivity contribution in [1.29, 1.82) is 0 Å². The minimum atomic E-state index is 0.0666. The summed E-state index contributed by atoms with van der Waals surface area (Å²) in [7, 11) is 0. The van der Waals surface area contributed by atoms with Crippen molar-refractivity contribution in [3.63, 3.8) is 0 Å². The maximum absolute atomic E-state index is 13.4. The molecule has 0 atom stereocenters. The monoisotopic (exact) mass is 578 g/mol. The molecule has 0 unspecified atom stereocenters. The summed E-state index contributed by atoms with van der Waals surface area (Å²) >= 11 is 0. The first-order chi connectivity index (χ1) is 21.1. The van der Waals surface area contributed by atoms with Crippen LogP contribution in [-0.2, 0) is 17.7 Å². The number of rotatable bonds is 6. The van der Waals surface area contributed by atoms with Crippen LogP contribution in [0.5, 0.6) is 0 Å². The molecule has 3 aromatic heterocycles. The van der Waals surface area contributed by atoms with E-state index in [1.54, 1.807) is 18.6 Å². The number of hydrogen-bond donors (Lipinski definition) is 1. The molecule has 2 fully saturated rings. The van der Waals surface area contributed by atoms with Crippen molar-refractivity contribution in [1.82, 2.24) is 34.7 Å². The molecule has 43 heavy (non-hydrogen) atoms. The van der Waals surface area contributed by atoms with E-state index in [1.165, 1.54) is 5.56 Å². The fourth-order valence-electron chi connectivity index (χ4n) is 5.92. The lowest BCUT2D eigenvalue weighted by atomic mass is 10.1. The quantitative estimate of drug-likeness (QED) is 0.362. The van der Waals surface area contributed by atoms with Crippen LogP contribution < -0.4 is 15.5 Å². The number of fused-ring (bicyclic) bond motifs is 1. The molecule has 3 aliphatic rings. The van der Waals surface area contributed by atoms with Gasteiger partial charge in [-0.2, -0.15) is 4.98 Å². The van der Waals surface area contributed by atoms with Gasteiger partial charge in [-0.05, 0) is 42.3 Å². The van der Waals surface area contributed by atoms with Crippen molar-refractivity contribution in [3.05, 3.63) is 77.9 Å². The van der Waals surface area contributed by atoms with Gasteiger partial charge in [-0.25, -0.2) is 15.0 Å². The van der Waals surface area contributed by atoms with Crippen LogP contribution in [-0.4, -0.2) is 99.7 Å². The highest BCUT2D eigenvalue weighted by molar-refractivity contribution is 5.95. The number of carbonyl (C=O) groups is 1. The van der Waals surface area contributed by atoms with Crippen LogP contribution in [0.1, 0.15) is 21.5 Å². The number of nitrogens with zero attached hydrogens (tertiary/aromatic N) is 9. The van der Waals surface area contributed by atoms with E-state index in [1.807, 2.05) is 41.4 Å². The molecule has 2 N–H and O–H groups in total. The van der Waals surface area contributed by atoms with Crippen LogP contribution in [0.2, 0.25) is 0 Å². The van der Waals surface area contributed by atoms with Gasteiger partial charge in [0.1, 0.15) is 5.82 Å². The first-order valence-corrected chi connectivity index (χ1v) is 14.7. The molecule has 4 aromatic rings. The van der Waals surface area contributed by atoms with Gasteiger partial charge in [0.05, 0.1) is 18.9 Å². The summed E-state index contributed by atoms with van der Waals surface area (Å²) in [5.41, 5.74) is 11.3. The zero-order chi connectivity index (χ0) is 29.2. The normalized spacial score (nSPS) is 17.3. The second-order valence-corrected chi connectivity index (χ2v) is 11.0. The Morgan fingerprint density at radius 3 is 2.37 bits per heavy atom. The van der Waals surface area contributed by atoms with Crippen molar-refractivity contribution in [3.8, 4) is 11.3 Å². The van der Waals surface area contributed by atoms with Gasteiger partial charge < -0.3 is 25.2 Å². The number of carbonyl (C=O) groups excluding carboxylic acids is 1. The fraction of sp³-hybridized carbons (Fsp3) is 0.355. The largest absolute Gasteiger partial charge is 0.378 e. The third-order valence-electron chi connectivity index (χ3n) is 8.27. The van der Waals surface area contributed by atoms with Gasteiger partial charge in [-0.1, -0.05) is 6.07 Å². The maximum Gasteiger partial charge on any atom is 0.253 e. The Morgan fingerprint density at radius 2 is 1.65 bits per heavy atom. The Labute approximate surface area is 250 Å². The lowest BCUT2D eigenvalue weighted by molar-refractivity contribution is 0.0628. The van der Waals surface area contributed by atoms with E-state index in [0.717, 1.165) is 74.0 Å². The number of amides is 1. The van der Waals surface area contributed by atoms with E-state index in [0.29, 0.717) is 37.8 Å². The molecule has 1 aromatic carbocycles. The minimum absolute atomic E-state index is 0.0666. The van der Waals surface area contributed by atoms with Crippen molar-refractivity contribution in [2.75, 3.05) is 74.6 Å². The van der Waals surface area contributed by atoms with E-state index in [9.17, 15) is 4.79 Å². The molecule has 12 nitrogen and oxygen atoms in total. The second kappa shape index (κ2) is 11.9. The SMILES string of the molecule is Nc1ncc(-c2nc(N3CCOCC3)nc3c2CCN3c2ccc(C(=O)N3CCN(Cc4cccnc4)CC3)cc2)cn1. The van der Waals surface area contributed by atoms with Crippen molar-refractivity contribution < 1.29 is 9.53 Å². The van der Waals surface area contributed by atoms with Crippen LogP contribution in [0.15, 0.2) is 61.2 Å². The average Bonchev–Trinajstić information content (AvgIpc) is 3.50. The topological polar surface area (TPSA) is 130 Å². The zero-order valence-corrected chi connectivity index (χ0v) is 24.0. The Bertz CT molecular complexity index is 1570. The number of nitrogen functional groups attached to an aromatic ring is 1. The minimum Gasteiger partial charge on any atom is -0.378 e. The van der Waals surface area contributed by atoms with Gasteiger partial charge in [0.25, 0.3) is 5.91 Å². The van der Waals surface area contributed by atoms with Crippen molar-refractivity contribution in [2.24, 2.45) is 0 Å². The number of hydrogen-bond acceptors (Lipinski definition) is 11. The predicted octanol–water partition coefficient (Wildman–Crippen LogP) is 2.40. The van der Waals surface area contributed by atoms with Crippen LogP contribution in [0.25, 0.3) is 11.3 Å². The third kappa shape index (κ3) is 5.71. The first-order valence-electron chi connectivity index (χ1n) is 14.7. The van der Waals surface area contributed by atoms with E-state index < -0.39 is 0 Å². The highest BCUT2D eigenvalue weighted by Crippen LogP contribution is 2.39. The summed E-state index contributed by atoms with van der Waals surface area (Å²) in [5.74, 6) is 1.82. The Kier molecular flexibility index (Phi) is 7.52. The third-order valence-corrected chi connectivity index (χ3v) is 8.27. The fourth-order valence-corrected chi connectivity index (χ4v) is 5.92. The van der Waals surface area contributed by atoms with Gasteiger partial charge in [0.15, 0.2) is 0 Å². The molecular formula is C31H34N10O2. The summed E-state index contributed by atoms with van der Waals surface area (Å²) in [6, 6.07) is 11.9. The summed E-state index contributed by atoms with van der Waals surface area (Å²) in [6.07, 6.45) is 7.91. The van der Waals surface area contributed by atoms with Crippen LogP contribution in [0, 0.1) is 0 Å².